The maximum Gasteiger partial charge on any atom is 0.274 e. The maximum absolute atomic E-state index is 13.6. The molecular formula is C24H28N4O4S. The Hall–Kier alpha value is -3.33. The van der Waals surface area contributed by atoms with Crippen LogP contribution in [0.4, 0.5) is 10.7 Å². The van der Waals surface area contributed by atoms with Crippen LogP contribution < -0.4 is 20.1 Å². The van der Waals surface area contributed by atoms with E-state index in [1.807, 2.05) is 0 Å². The Morgan fingerprint density at radius 3 is 2.48 bits per heavy atom. The minimum Gasteiger partial charge on any atom is -0.497 e. The van der Waals surface area contributed by atoms with Crippen LogP contribution in [0.2, 0.25) is 0 Å². The molecule has 0 atom stereocenters. The van der Waals surface area contributed by atoms with Crippen LogP contribution in [0.1, 0.15) is 57.0 Å². The van der Waals surface area contributed by atoms with Gasteiger partial charge in [-0.25, -0.2) is 0 Å². The van der Waals surface area contributed by atoms with Crippen molar-refractivity contribution < 1.29 is 19.1 Å². The van der Waals surface area contributed by atoms with Crippen LogP contribution in [0.5, 0.6) is 11.5 Å². The first-order valence-electron chi connectivity index (χ1n) is 11.0. The van der Waals surface area contributed by atoms with Crippen LogP contribution in [-0.2, 0) is 19.9 Å². The number of aryl methyl sites for hydroxylation is 2. The minimum atomic E-state index is -0.294. The van der Waals surface area contributed by atoms with Gasteiger partial charge in [0.2, 0.25) is 0 Å². The highest BCUT2D eigenvalue weighted by Gasteiger charge is 2.27. The molecule has 0 spiro atoms. The summed E-state index contributed by atoms with van der Waals surface area (Å²) in [5, 5.41) is 10.6. The number of nitrogens with one attached hydrogen (secondary N) is 2. The monoisotopic (exact) mass is 468 g/mol. The van der Waals surface area contributed by atoms with Crippen molar-refractivity contribution in [2.24, 2.45) is 7.05 Å². The SMILES string of the molecule is COc1ccc(OC)c(NC(=O)c2c(NC(=O)c3ccnn3C)sc3c2CCCCCC3)c1. The minimum absolute atomic E-state index is 0.278. The fourth-order valence-corrected chi connectivity index (χ4v) is 5.39. The molecule has 0 saturated carbocycles. The second-order valence-electron chi connectivity index (χ2n) is 7.94. The number of carbonyl (C=O) groups is 2. The van der Waals surface area contributed by atoms with Gasteiger partial charge < -0.3 is 20.1 Å². The van der Waals surface area contributed by atoms with Gasteiger partial charge in [0, 0.05) is 24.2 Å². The summed E-state index contributed by atoms with van der Waals surface area (Å²) in [6, 6.07) is 6.90. The molecule has 1 aliphatic carbocycles. The molecule has 0 bridgehead atoms. The van der Waals surface area contributed by atoms with E-state index in [1.54, 1.807) is 51.7 Å². The van der Waals surface area contributed by atoms with E-state index < -0.39 is 0 Å². The molecule has 2 heterocycles. The van der Waals surface area contributed by atoms with Crippen LogP contribution in [0, 0.1) is 0 Å². The highest BCUT2D eigenvalue weighted by Crippen LogP contribution is 2.38. The number of ether oxygens (including phenoxy) is 2. The van der Waals surface area contributed by atoms with Crippen molar-refractivity contribution >= 4 is 33.8 Å². The molecule has 0 radical (unpaired) electrons. The standard InChI is InChI=1S/C24H28N4O4S/c1-28-18(12-13-25-28)22(29)27-24-21(16-8-6-4-5-7-9-20(16)33-24)23(30)26-17-14-15(31-2)10-11-19(17)32-3/h10-14H,4-9H2,1-3H3,(H,26,30)(H,27,29). The van der Waals surface area contributed by atoms with Crippen molar-refractivity contribution in [3.8, 4) is 11.5 Å². The zero-order valence-corrected chi connectivity index (χ0v) is 19.9. The van der Waals surface area contributed by atoms with E-state index in [2.05, 4.69) is 15.7 Å². The maximum atomic E-state index is 13.6. The number of hydrogen-bond donors (Lipinski definition) is 2. The summed E-state index contributed by atoms with van der Waals surface area (Å²) < 4.78 is 12.2. The molecule has 0 saturated heterocycles. The largest absolute Gasteiger partial charge is 0.497 e. The fraction of sp³-hybridized carbons (Fsp3) is 0.375. The van der Waals surface area contributed by atoms with Gasteiger partial charge in [-0.15, -0.1) is 11.3 Å². The Morgan fingerprint density at radius 1 is 1.00 bits per heavy atom. The molecule has 4 rings (SSSR count). The van der Waals surface area contributed by atoms with Crippen molar-refractivity contribution in [1.29, 1.82) is 0 Å². The second kappa shape index (κ2) is 10.1. The van der Waals surface area contributed by atoms with Gasteiger partial charge in [-0.3, -0.25) is 14.3 Å². The van der Waals surface area contributed by atoms with E-state index in [0.717, 1.165) is 42.5 Å². The predicted octanol–water partition coefficient (Wildman–Crippen LogP) is 4.66. The lowest BCUT2D eigenvalue weighted by Crippen LogP contribution is -2.20. The highest BCUT2D eigenvalue weighted by atomic mass is 32.1. The molecule has 2 N–H and O–H groups in total. The number of thiophene rings is 1. The number of aromatic nitrogens is 2. The van der Waals surface area contributed by atoms with Crippen molar-refractivity contribution in [3.63, 3.8) is 0 Å². The first-order chi connectivity index (χ1) is 16.0. The Labute approximate surface area is 196 Å². The van der Waals surface area contributed by atoms with Gasteiger partial charge in [-0.1, -0.05) is 12.8 Å². The van der Waals surface area contributed by atoms with E-state index in [0.29, 0.717) is 33.4 Å². The molecule has 174 valence electrons. The number of hydrogen-bond acceptors (Lipinski definition) is 6. The van der Waals surface area contributed by atoms with Crippen LogP contribution in [0.15, 0.2) is 30.5 Å². The molecule has 9 heteroatoms. The molecule has 1 aromatic carbocycles. The molecular weight excluding hydrogens is 440 g/mol. The molecule has 2 aromatic heterocycles. The Morgan fingerprint density at radius 2 is 1.79 bits per heavy atom. The summed E-state index contributed by atoms with van der Waals surface area (Å²) in [5.74, 6) is 0.566. The van der Waals surface area contributed by atoms with Gasteiger partial charge in [-0.05, 0) is 49.4 Å². The number of methoxy groups -OCH3 is 2. The molecule has 0 unspecified atom stereocenters. The molecule has 3 aromatic rings. The Balaban J connectivity index is 1.71. The highest BCUT2D eigenvalue weighted by molar-refractivity contribution is 7.17. The number of rotatable bonds is 6. The van der Waals surface area contributed by atoms with E-state index in [4.69, 9.17) is 9.47 Å². The van der Waals surface area contributed by atoms with Crippen molar-refractivity contribution in [1.82, 2.24) is 9.78 Å². The normalized spacial score (nSPS) is 13.4. The summed E-state index contributed by atoms with van der Waals surface area (Å²) in [6.45, 7) is 0. The Bertz CT molecular complexity index is 1170. The summed E-state index contributed by atoms with van der Waals surface area (Å²) >= 11 is 1.49. The summed E-state index contributed by atoms with van der Waals surface area (Å²) in [6.07, 6.45) is 7.70. The molecule has 0 aliphatic heterocycles. The van der Waals surface area contributed by atoms with E-state index in [-0.39, 0.29) is 11.8 Å². The lowest BCUT2D eigenvalue weighted by Gasteiger charge is -2.15. The van der Waals surface area contributed by atoms with Gasteiger partial charge in [0.1, 0.15) is 22.2 Å². The topological polar surface area (TPSA) is 94.5 Å². The number of nitrogens with zero attached hydrogens (tertiary/aromatic N) is 2. The van der Waals surface area contributed by atoms with Gasteiger partial charge in [0.15, 0.2) is 0 Å². The van der Waals surface area contributed by atoms with Crippen LogP contribution >= 0.6 is 11.3 Å². The van der Waals surface area contributed by atoms with Crippen LogP contribution in [0.25, 0.3) is 0 Å². The molecule has 1 aliphatic rings. The average molecular weight is 469 g/mol. The van der Waals surface area contributed by atoms with Gasteiger partial charge in [0.25, 0.3) is 11.8 Å². The van der Waals surface area contributed by atoms with Crippen molar-refractivity contribution in [3.05, 3.63) is 52.2 Å². The fourth-order valence-electron chi connectivity index (χ4n) is 4.11. The zero-order chi connectivity index (χ0) is 23.4. The lowest BCUT2D eigenvalue weighted by molar-refractivity contribution is 0.101. The summed E-state index contributed by atoms with van der Waals surface area (Å²) in [4.78, 5) is 27.7. The van der Waals surface area contributed by atoms with Crippen molar-refractivity contribution in [2.45, 2.75) is 38.5 Å². The number of fused-ring (bicyclic) bond motifs is 1. The first-order valence-corrected chi connectivity index (χ1v) is 11.8. The molecule has 33 heavy (non-hydrogen) atoms. The quantitative estimate of drug-likeness (QED) is 0.549. The number of amides is 2. The second-order valence-corrected chi connectivity index (χ2v) is 9.04. The smallest absolute Gasteiger partial charge is 0.274 e. The molecule has 0 fully saturated rings. The van der Waals surface area contributed by atoms with Gasteiger partial charge in [-0.2, -0.15) is 5.10 Å². The number of anilines is 2. The summed E-state index contributed by atoms with van der Waals surface area (Å²) in [7, 11) is 4.84. The van der Waals surface area contributed by atoms with Gasteiger partial charge >= 0.3 is 0 Å². The van der Waals surface area contributed by atoms with E-state index in [1.165, 1.54) is 22.4 Å². The Kier molecular flexibility index (Phi) is 6.98. The van der Waals surface area contributed by atoms with E-state index in [9.17, 15) is 9.59 Å². The number of carbonyl (C=O) groups excluding carboxylic acids is 2. The predicted molar refractivity (Wildman–Crippen MR) is 129 cm³/mol. The molecule has 2 amide bonds. The summed E-state index contributed by atoms with van der Waals surface area (Å²) in [5.41, 5.74) is 2.49. The third-order valence-electron chi connectivity index (χ3n) is 5.83. The molecule has 8 nitrogen and oxygen atoms in total. The number of benzene rings is 1. The average Bonchev–Trinajstić information content (AvgIpc) is 3.36. The van der Waals surface area contributed by atoms with Gasteiger partial charge in [0.05, 0.1) is 25.5 Å². The van der Waals surface area contributed by atoms with Crippen LogP contribution in [-0.4, -0.2) is 35.8 Å². The first kappa shape index (κ1) is 22.8. The van der Waals surface area contributed by atoms with Crippen LogP contribution in [0.3, 0.4) is 0 Å². The third kappa shape index (κ3) is 4.88. The zero-order valence-electron chi connectivity index (χ0n) is 19.1. The third-order valence-corrected chi connectivity index (χ3v) is 7.04. The van der Waals surface area contributed by atoms with E-state index >= 15 is 0 Å². The van der Waals surface area contributed by atoms with Crippen molar-refractivity contribution in [2.75, 3.05) is 24.9 Å². The lowest BCUT2D eigenvalue weighted by atomic mass is 9.96.